The molecule has 0 spiro atoms. The van der Waals surface area contributed by atoms with Crippen molar-refractivity contribution >= 4 is 50.7 Å². The topological polar surface area (TPSA) is 105 Å². The summed E-state index contributed by atoms with van der Waals surface area (Å²) in [4.78, 5) is 29.6. The summed E-state index contributed by atoms with van der Waals surface area (Å²) in [7, 11) is -1.51. The van der Waals surface area contributed by atoms with E-state index in [0.29, 0.717) is 27.9 Å². The molecule has 4 aromatic carbocycles. The van der Waals surface area contributed by atoms with Crippen LogP contribution < -0.4 is 19.1 Å². The molecule has 4 aromatic rings. The number of carbonyl (C=O) groups is 2. The van der Waals surface area contributed by atoms with E-state index in [0.717, 1.165) is 21.0 Å². The minimum atomic E-state index is -4.37. The van der Waals surface area contributed by atoms with E-state index >= 15 is 0 Å². The Morgan fingerprint density at radius 1 is 0.854 bits per heavy atom. The second-order valence-corrected chi connectivity index (χ2v) is 13.9. The summed E-state index contributed by atoms with van der Waals surface area (Å²) < 4.78 is 40.7. The van der Waals surface area contributed by atoms with Gasteiger partial charge in [0.25, 0.3) is 10.0 Å². The number of carbonyl (C=O) groups excluding carboxylic acids is 2. The van der Waals surface area contributed by atoms with Crippen molar-refractivity contribution in [1.29, 1.82) is 0 Å². The molecule has 0 unspecified atom stereocenters. The van der Waals surface area contributed by atoms with E-state index in [1.54, 1.807) is 37.3 Å². The summed E-state index contributed by atoms with van der Waals surface area (Å²) in [5.41, 5.74) is 3.26. The molecule has 4 rings (SSSR count). The van der Waals surface area contributed by atoms with Crippen molar-refractivity contribution in [3.63, 3.8) is 0 Å². The molecule has 0 aromatic heterocycles. The fourth-order valence-corrected chi connectivity index (χ4v) is 7.29. The molecule has 0 aliphatic carbocycles. The first-order valence-corrected chi connectivity index (χ1v) is 17.5. The van der Waals surface area contributed by atoms with Gasteiger partial charge in [-0.3, -0.25) is 13.9 Å². The Labute approximate surface area is 292 Å². The van der Waals surface area contributed by atoms with Crippen LogP contribution in [0.15, 0.2) is 89.8 Å². The first kappa shape index (κ1) is 36.6. The minimum Gasteiger partial charge on any atom is -0.493 e. The lowest BCUT2D eigenvalue weighted by molar-refractivity contribution is -0.140. The molecule has 0 saturated carbocycles. The van der Waals surface area contributed by atoms with Crippen LogP contribution in [-0.2, 0) is 32.6 Å². The number of benzene rings is 4. The third-order valence-corrected chi connectivity index (χ3v) is 10.1. The number of nitrogens with zero attached hydrogens (tertiary/aromatic N) is 2. The predicted molar refractivity (Wildman–Crippen MR) is 190 cm³/mol. The van der Waals surface area contributed by atoms with Gasteiger partial charge in [-0.1, -0.05) is 65.7 Å². The molecule has 12 heteroatoms. The van der Waals surface area contributed by atoms with E-state index in [-0.39, 0.29) is 35.2 Å². The van der Waals surface area contributed by atoms with Gasteiger partial charge in [0, 0.05) is 35.6 Å². The summed E-state index contributed by atoms with van der Waals surface area (Å²) in [6.45, 7) is 5.11. The van der Waals surface area contributed by atoms with Gasteiger partial charge < -0.3 is 19.7 Å². The normalized spacial score (nSPS) is 11.8. The van der Waals surface area contributed by atoms with Gasteiger partial charge >= 0.3 is 0 Å². The number of sulfonamides is 1. The Morgan fingerprint density at radius 2 is 1.52 bits per heavy atom. The SMILES string of the molecule is CCNC(=O)[C@@H](Cc1ccccc1)N(Cc1ccc(Cl)cc1Cl)C(=O)CN(c1cc(C)cc(C)c1)S(=O)(=O)c1ccc(OC)c(OC)c1. The molecule has 0 bridgehead atoms. The first-order chi connectivity index (χ1) is 22.9. The fourth-order valence-electron chi connectivity index (χ4n) is 5.41. The first-order valence-electron chi connectivity index (χ1n) is 15.3. The van der Waals surface area contributed by atoms with Crippen LogP contribution in [0.1, 0.15) is 29.2 Å². The second kappa shape index (κ2) is 16.2. The zero-order valence-electron chi connectivity index (χ0n) is 27.5. The van der Waals surface area contributed by atoms with Crippen molar-refractivity contribution < 1.29 is 27.5 Å². The molecule has 9 nitrogen and oxygen atoms in total. The molecule has 0 fully saturated rings. The molecule has 1 atom stereocenters. The number of rotatable bonds is 14. The number of nitrogens with one attached hydrogen (secondary N) is 1. The molecule has 254 valence electrons. The van der Waals surface area contributed by atoms with Crippen molar-refractivity contribution in [1.82, 2.24) is 10.2 Å². The highest BCUT2D eigenvalue weighted by atomic mass is 35.5. The second-order valence-electron chi connectivity index (χ2n) is 11.2. The van der Waals surface area contributed by atoms with Gasteiger partial charge in [-0.15, -0.1) is 0 Å². The zero-order chi connectivity index (χ0) is 35.0. The van der Waals surface area contributed by atoms with Gasteiger partial charge in [0.05, 0.1) is 24.8 Å². The largest absolute Gasteiger partial charge is 0.493 e. The summed E-state index contributed by atoms with van der Waals surface area (Å²) in [6.07, 6.45) is 0.176. The Bertz CT molecular complexity index is 1850. The number of hydrogen-bond donors (Lipinski definition) is 1. The van der Waals surface area contributed by atoms with E-state index in [1.807, 2.05) is 50.2 Å². The van der Waals surface area contributed by atoms with Gasteiger partial charge in [0.15, 0.2) is 11.5 Å². The van der Waals surface area contributed by atoms with Crippen molar-refractivity contribution in [2.24, 2.45) is 0 Å². The van der Waals surface area contributed by atoms with Crippen LogP contribution >= 0.6 is 23.2 Å². The van der Waals surface area contributed by atoms with E-state index in [9.17, 15) is 18.0 Å². The van der Waals surface area contributed by atoms with Crippen LogP contribution in [0.4, 0.5) is 5.69 Å². The monoisotopic (exact) mass is 711 g/mol. The summed E-state index contributed by atoms with van der Waals surface area (Å²) in [5, 5.41) is 3.56. The van der Waals surface area contributed by atoms with Crippen molar-refractivity contribution in [2.75, 3.05) is 31.6 Å². The maximum atomic E-state index is 14.6. The third kappa shape index (κ3) is 8.80. The average molecular weight is 713 g/mol. The van der Waals surface area contributed by atoms with Crippen LogP contribution in [0.25, 0.3) is 0 Å². The van der Waals surface area contributed by atoms with Crippen LogP contribution in [0.2, 0.25) is 10.0 Å². The van der Waals surface area contributed by atoms with Crippen molar-refractivity contribution in [3.05, 3.63) is 117 Å². The zero-order valence-corrected chi connectivity index (χ0v) is 29.8. The molecule has 0 aliphatic heterocycles. The van der Waals surface area contributed by atoms with E-state index in [1.165, 1.54) is 37.3 Å². The summed E-state index contributed by atoms with van der Waals surface area (Å²) in [5.74, 6) is -0.442. The van der Waals surface area contributed by atoms with E-state index in [4.69, 9.17) is 32.7 Å². The third-order valence-electron chi connectivity index (χ3n) is 7.69. The number of hydrogen-bond acceptors (Lipinski definition) is 6. The van der Waals surface area contributed by atoms with Gasteiger partial charge in [0.1, 0.15) is 12.6 Å². The van der Waals surface area contributed by atoms with Crippen LogP contribution in [-0.4, -0.2) is 58.5 Å². The van der Waals surface area contributed by atoms with Crippen LogP contribution in [0, 0.1) is 13.8 Å². The van der Waals surface area contributed by atoms with Crippen LogP contribution in [0.3, 0.4) is 0 Å². The molecule has 1 N–H and O–H groups in total. The lowest BCUT2D eigenvalue weighted by atomic mass is 10.0. The Morgan fingerprint density at radius 3 is 2.12 bits per heavy atom. The smallest absolute Gasteiger partial charge is 0.264 e. The fraction of sp³-hybridized carbons (Fsp3) is 0.278. The highest BCUT2D eigenvalue weighted by Gasteiger charge is 2.35. The summed E-state index contributed by atoms with van der Waals surface area (Å²) >= 11 is 12.7. The number of anilines is 1. The van der Waals surface area contributed by atoms with E-state index < -0.39 is 28.5 Å². The Balaban J connectivity index is 1.86. The Kier molecular flexibility index (Phi) is 12.4. The predicted octanol–water partition coefficient (Wildman–Crippen LogP) is 6.60. The number of likely N-dealkylation sites (N-methyl/N-ethyl adjacent to an activating group) is 1. The standard InChI is InChI=1S/C36H39Cl2N3O6S/c1-6-39-36(43)32(19-26-10-8-7-9-11-26)40(22-27-12-13-28(37)20-31(27)38)35(42)23-41(29-17-24(2)16-25(3)18-29)48(44,45)30-14-15-33(46-4)34(21-30)47-5/h7-18,20-21,32H,6,19,22-23H2,1-5H3,(H,39,43)/t32-/m1/s1. The highest BCUT2D eigenvalue weighted by molar-refractivity contribution is 7.92. The van der Waals surface area contributed by atoms with Crippen LogP contribution in [0.5, 0.6) is 11.5 Å². The lowest BCUT2D eigenvalue weighted by Crippen LogP contribution is -2.53. The summed E-state index contributed by atoms with van der Waals surface area (Å²) in [6, 6.07) is 22.7. The van der Waals surface area contributed by atoms with Gasteiger partial charge in [-0.05, 0) is 79.4 Å². The van der Waals surface area contributed by atoms with Gasteiger partial charge in [0.2, 0.25) is 11.8 Å². The molecule has 0 aliphatic rings. The molecule has 48 heavy (non-hydrogen) atoms. The van der Waals surface area contributed by atoms with Gasteiger partial charge in [-0.25, -0.2) is 8.42 Å². The minimum absolute atomic E-state index is 0.0828. The van der Waals surface area contributed by atoms with Crippen molar-refractivity contribution in [3.8, 4) is 11.5 Å². The number of amides is 2. The lowest BCUT2D eigenvalue weighted by Gasteiger charge is -2.34. The quantitative estimate of drug-likeness (QED) is 0.158. The number of ether oxygens (including phenoxy) is 2. The molecule has 0 radical (unpaired) electrons. The number of methoxy groups -OCH3 is 2. The Hall–Kier alpha value is -4.25. The molecular formula is C36H39Cl2N3O6S. The van der Waals surface area contributed by atoms with Gasteiger partial charge in [-0.2, -0.15) is 0 Å². The number of aryl methyl sites for hydroxylation is 2. The average Bonchev–Trinajstić information content (AvgIpc) is 3.05. The molecule has 0 saturated heterocycles. The molecule has 2 amide bonds. The van der Waals surface area contributed by atoms with E-state index in [2.05, 4.69) is 5.32 Å². The highest BCUT2D eigenvalue weighted by Crippen LogP contribution is 2.33. The number of halogens is 2. The maximum absolute atomic E-state index is 14.6. The van der Waals surface area contributed by atoms with Crippen molar-refractivity contribution in [2.45, 2.75) is 44.7 Å². The molecule has 0 heterocycles. The maximum Gasteiger partial charge on any atom is 0.264 e. The molecular weight excluding hydrogens is 673 g/mol.